The summed E-state index contributed by atoms with van der Waals surface area (Å²) in [5, 5.41) is 9.17. The molecule has 3 rings (SSSR count). The Balaban J connectivity index is 1.81. The lowest BCUT2D eigenvalue weighted by atomic mass is 10.0. The smallest absolute Gasteiger partial charge is 0.335 e. The van der Waals surface area contributed by atoms with Crippen molar-refractivity contribution < 1.29 is 14.6 Å². The van der Waals surface area contributed by atoms with Gasteiger partial charge in [0.15, 0.2) is 0 Å². The van der Waals surface area contributed by atoms with E-state index in [9.17, 15) is 4.79 Å². The molecule has 1 N–H and O–H groups in total. The Morgan fingerprint density at radius 2 is 1.75 bits per heavy atom. The van der Waals surface area contributed by atoms with E-state index in [0.717, 1.165) is 29.5 Å². The summed E-state index contributed by atoms with van der Waals surface area (Å²) in [7, 11) is 1.76. The molecule has 0 saturated heterocycles. The molecular weight excluding hydrogens is 300 g/mol. The number of carbonyl (C=O) groups is 1. The van der Waals surface area contributed by atoms with Crippen LogP contribution in [-0.4, -0.2) is 18.2 Å². The van der Waals surface area contributed by atoms with Gasteiger partial charge in [0.1, 0.15) is 0 Å². The average Bonchev–Trinajstić information content (AvgIpc) is 3.41. The van der Waals surface area contributed by atoms with Crippen molar-refractivity contribution in [1.29, 1.82) is 0 Å². The number of hydrogen-bond donors (Lipinski definition) is 1. The van der Waals surface area contributed by atoms with Crippen LogP contribution in [0.5, 0.6) is 0 Å². The van der Waals surface area contributed by atoms with Crippen molar-refractivity contribution in [2.45, 2.75) is 31.8 Å². The van der Waals surface area contributed by atoms with Crippen LogP contribution >= 0.6 is 0 Å². The first-order valence-corrected chi connectivity index (χ1v) is 8.12. The molecule has 0 amide bonds. The van der Waals surface area contributed by atoms with Crippen molar-refractivity contribution >= 4 is 5.97 Å². The number of methoxy groups -OCH3 is 1. The van der Waals surface area contributed by atoms with Gasteiger partial charge in [-0.2, -0.15) is 0 Å². The van der Waals surface area contributed by atoms with Gasteiger partial charge in [0.05, 0.1) is 11.2 Å². The van der Waals surface area contributed by atoms with Gasteiger partial charge >= 0.3 is 5.97 Å². The summed E-state index contributed by atoms with van der Waals surface area (Å²) in [6, 6.07) is 13.4. The number of hydrogen-bond acceptors (Lipinski definition) is 2. The van der Waals surface area contributed by atoms with Gasteiger partial charge in [0.25, 0.3) is 0 Å². The molecule has 0 unspecified atom stereocenters. The topological polar surface area (TPSA) is 46.5 Å². The van der Waals surface area contributed by atoms with Gasteiger partial charge in [-0.05, 0) is 60.7 Å². The molecule has 0 heterocycles. The highest BCUT2D eigenvalue weighted by molar-refractivity contribution is 5.89. The van der Waals surface area contributed by atoms with Gasteiger partial charge < -0.3 is 9.84 Å². The Hall–Kier alpha value is -2.57. The lowest BCUT2D eigenvalue weighted by Gasteiger charge is -2.13. The standard InChI is InChI=1S/C21H20O3/c1-3-17-14-16(8-11-19(17)20(22)23)5-4-15-6-9-18(10-7-15)21(24-2)12-13-21/h6-11,14H,3,12-13H2,1-2H3,(H,22,23). The first kappa shape index (κ1) is 16.3. The highest BCUT2D eigenvalue weighted by Crippen LogP contribution is 2.48. The van der Waals surface area contributed by atoms with Crippen LogP contribution in [-0.2, 0) is 16.8 Å². The summed E-state index contributed by atoms with van der Waals surface area (Å²) in [5.74, 6) is 5.36. The molecule has 0 spiro atoms. The van der Waals surface area contributed by atoms with E-state index in [2.05, 4.69) is 24.0 Å². The third-order valence-corrected chi connectivity index (χ3v) is 4.57. The van der Waals surface area contributed by atoms with Crippen molar-refractivity contribution in [3.63, 3.8) is 0 Å². The van der Waals surface area contributed by atoms with E-state index < -0.39 is 5.97 Å². The first-order chi connectivity index (χ1) is 11.6. The second kappa shape index (κ2) is 6.51. The summed E-state index contributed by atoms with van der Waals surface area (Å²) < 4.78 is 5.58. The molecule has 0 aromatic heterocycles. The summed E-state index contributed by atoms with van der Waals surface area (Å²) in [6.45, 7) is 1.95. The van der Waals surface area contributed by atoms with Crippen LogP contribution in [0.2, 0.25) is 0 Å². The summed E-state index contributed by atoms with van der Waals surface area (Å²) in [5.41, 5.74) is 4.05. The minimum absolute atomic E-state index is 0.0748. The third kappa shape index (κ3) is 3.20. The van der Waals surface area contributed by atoms with Crippen molar-refractivity contribution in [2.24, 2.45) is 0 Å². The van der Waals surface area contributed by atoms with E-state index in [-0.39, 0.29) is 5.60 Å². The number of carboxylic acids is 1. The Morgan fingerprint density at radius 3 is 2.29 bits per heavy atom. The van der Waals surface area contributed by atoms with E-state index in [1.54, 1.807) is 19.2 Å². The van der Waals surface area contributed by atoms with E-state index in [1.807, 2.05) is 25.1 Å². The molecule has 24 heavy (non-hydrogen) atoms. The maximum atomic E-state index is 11.2. The maximum Gasteiger partial charge on any atom is 0.335 e. The van der Waals surface area contributed by atoms with Gasteiger partial charge in [0, 0.05) is 18.2 Å². The quantitative estimate of drug-likeness (QED) is 0.867. The molecule has 0 atom stereocenters. The first-order valence-electron chi connectivity index (χ1n) is 8.12. The molecular formula is C21H20O3. The van der Waals surface area contributed by atoms with Crippen LogP contribution in [0.15, 0.2) is 42.5 Å². The zero-order valence-corrected chi connectivity index (χ0v) is 13.9. The predicted molar refractivity (Wildman–Crippen MR) is 93.1 cm³/mol. The third-order valence-electron chi connectivity index (χ3n) is 4.57. The van der Waals surface area contributed by atoms with Crippen LogP contribution < -0.4 is 0 Å². The molecule has 122 valence electrons. The number of ether oxygens (including phenoxy) is 1. The van der Waals surface area contributed by atoms with Gasteiger partial charge in [0.2, 0.25) is 0 Å². The lowest BCUT2D eigenvalue weighted by Crippen LogP contribution is -2.08. The fourth-order valence-electron chi connectivity index (χ4n) is 2.90. The fourth-order valence-corrected chi connectivity index (χ4v) is 2.90. The molecule has 2 aromatic rings. The monoisotopic (exact) mass is 320 g/mol. The minimum atomic E-state index is -0.894. The summed E-state index contributed by atoms with van der Waals surface area (Å²) in [6.07, 6.45) is 2.82. The number of aromatic carboxylic acids is 1. The molecule has 3 nitrogen and oxygen atoms in total. The van der Waals surface area contributed by atoms with Crippen LogP contribution in [0.25, 0.3) is 0 Å². The zero-order valence-electron chi connectivity index (χ0n) is 13.9. The SMILES string of the molecule is CCc1cc(C#Cc2ccc(C3(OC)CC3)cc2)ccc1C(=O)O. The number of carboxylic acid groups (broad SMARTS) is 1. The van der Waals surface area contributed by atoms with Crippen molar-refractivity contribution in [2.75, 3.05) is 7.11 Å². The fraction of sp³-hybridized carbons (Fsp3) is 0.286. The van der Waals surface area contributed by atoms with Crippen LogP contribution in [0.1, 0.15) is 52.4 Å². The van der Waals surface area contributed by atoms with E-state index in [1.165, 1.54) is 5.56 Å². The number of rotatable bonds is 4. The van der Waals surface area contributed by atoms with Crippen LogP contribution in [0, 0.1) is 11.8 Å². The average molecular weight is 320 g/mol. The van der Waals surface area contributed by atoms with Gasteiger partial charge in [-0.25, -0.2) is 4.79 Å². The predicted octanol–water partition coefficient (Wildman–Crippen LogP) is 3.98. The largest absolute Gasteiger partial charge is 0.478 e. The van der Waals surface area contributed by atoms with Gasteiger partial charge in [-0.1, -0.05) is 30.9 Å². The second-order valence-electron chi connectivity index (χ2n) is 6.06. The van der Waals surface area contributed by atoms with E-state index in [0.29, 0.717) is 12.0 Å². The molecule has 3 heteroatoms. The molecule has 0 bridgehead atoms. The molecule has 1 aliphatic rings. The highest BCUT2D eigenvalue weighted by atomic mass is 16.5. The van der Waals surface area contributed by atoms with Crippen LogP contribution in [0.4, 0.5) is 0 Å². The number of aryl methyl sites for hydroxylation is 1. The molecule has 1 fully saturated rings. The second-order valence-corrected chi connectivity index (χ2v) is 6.06. The maximum absolute atomic E-state index is 11.2. The molecule has 2 aromatic carbocycles. The van der Waals surface area contributed by atoms with Gasteiger partial charge in [-0.15, -0.1) is 0 Å². The Morgan fingerprint density at radius 1 is 1.12 bits per heavy atom. The number of benzene rings is 2. The Kier molecular flexibility index (Phi) is 4.42. The minimum Gasteiger partial charge on any atom is -0.478 e. The highest BCUT2D eigenvalue weighted by Gasteiger charge is 2.44. The van der Waals surface area contributed by atoms with Crippen molar-refractivity contribution in [3.05, 3.63) is 70.3 Å². The van der Waals surface area contributed by atoms with Crippen LogP contribution in [0.3, 0.4) is 0 Å². The lowest BCUT2D eigenvalue weighted by molar-refractivity contribution is 0.0695. The summed E-state index contributed by atoms with van der Waals surface area (Å²) in [4.78, 5) is 11.2. The summed E-state index contributed by atoms with van der Waals surface area (Å²) >= 11 is 0. The molecule has 1 aliphatic carbocycles. The van der Waals surface area contributed by atoms with E-state index in [4.69, 9.17) is 9.84 Å². The molecule has 0 radical (unpaired) electrons. The van der Waals surface area contributed by atoms with E-state index >= 15 is 0 Å². The zero-order chi connectivity index (χ0) is 17.2. The normalized spacial score (nSPS) is 14.6. The van der Waals surface area contributed by atoms with Gasteiger partial charge in [-0.3, -0.25) is 0 Å². The van der Waals surface area contributed by atoms with Crippen molar-refractivity contribution in [1.82, 2.24) is 0 Å². The van der Waals surface area contributed by atoms with Crippen molar-refractivity contribution in [3.8, 4) is 11.8 Å². The molecule has 0 aliphatic heterocycles. The Labute approximate surface area is 142 Å². The molecule has 1 saturated carbocycles. The Bertz CT molecular complexity index is 818.